The molecule has 0 spiro atoms. The van der Waals surface area contributed by atoms with Gasteiger partial charge in [0.2, 0.25) is 0 Å². The summed E-state index contributed by atoms with van der Waals surface area (Å²) < 4.78 is 0. The van der Waals surface area contributed by atoms with E-state index in [1.807, 2.05) is 60.7 Å². The van der Waals surface area contributed by atoms with Crippen molar-refractivity contribution >= 4 is 17.4 Å². The number of hydrogen-bond donors (Lipinski definition) is 0. The Labute approximate surface area is 224 Å². The van der Waals surface area contributed by atoms with Gasteiger partial charge in [0.15, 0.2) is 0 Å². The van der Waals surface area contributed by atoms with Crippen LogP contribution < -0.4 is 0 Å². The smallest absolute Gasteiger partial charge is 0.150 e. The highest BCUT2D eigenvalue weighted by Gasteiger charge is 2.39. The third-order valence-electron chi connectivity index (χ3n) is 7.13. The van der Waals surface area contributed by atoms with Gasteiger partial charge in [-0.15, -0.1) is 0 Å². The maximum Gasteiger partial charge on any atom is 0.150 e. The molecule has 0 N–H and O–H groups in total. The molecule has 1 aliphatic carbocycles. The number of nitriles is 1. The van der Waals surface area contributed by atoms with Crippen molar-refractivity contribution in [2.75, 3.05) is 0 Å². The van der Waals surface area contributed by atoms with Gasteiger partial charge in [-0.3, -0.25) is 4.79 Å². The van der Waals surface area contributed by atoms with E-state index in [0.717, 1.165) is 45.3 Å². The van der Waals surface area contributed by atoms with E-state index in [1.165, 1.54) is 0 Å². The van der Waals surface area contributed by atoms with Crippen LogP contribution in [-0.4, -0.2) is 6.29 Å². The van der Waals surface area contributed by atoms with Crippen LogP contribution in [0.2, 0.25) is 0 Å². The van der Waals surface area contributed by atoms with Gasteiger partial charge in [0.05, 0.1) is 11.6 Å². The molecule has 0 bridgehead atoms. The third kappa shape index (κ3) is 4.59. The molecule has 1 unspecified atom stereocenters. The number of carbonyl (C=O) groups is 1. The van der Waals surface area contributed by atoms with Gasteiger partial charge >= 0.3 is 0 Å². The largest absolute Gasteiger partial charge is 0.298 e. The molecule has 0 heterocycles. The maximum absolute atomic E-state index is 12.4. The zero-order chi connectivity index (χ0) is 26.4. The fourth-order valence-corrected chi connectivity index (χ4v) is 5.35. The van der Waals surface area contributed by atoms with Crippen LogP contribution in [0.15, 0.2) is 151 Å². The zero-order valence-corrected chi connectivity index (χ0v) is 21.0. The summed E-state index contributed by atoms with van der Waals surface area (Å²) in [6.45, 7) is 3.94. The average molecular weight is 490 g/mol. The SMILES string of the molecule is C=C(C#N)C1=CCC(C(=C(c2ccccc2)c2ccccc2)c2ccccc2)(c2ccccc2C=O)C=C1. The zero-order valence-electron chi connectivity index (χ0n) is 21.0. The molecule has 0 amide bonds. The molecule has 1 atom stereocenters. The normalized spacial score (nSPS) is 16.1. The summed E-state index contributed by atoms with van der Waals surface area (Å²) in [6.07, 6.45) is 7.71. The number of allylic oxidation sites excluding steroid dienone is 6. The van der Waals surface area contributed by atoms with Crippen LogP contribution in [0.5, 0.6) is 0 Å². The van der Waals surface area contributed by atoms with Crippen molar-refractivity contribution in [3.8, 4) is 6.07 Å². The van der Waals surface area contributed by atoms with Crippen LogP contribution in [0.4, 0.5) is 0 Å². The Balaban J connectivity index is 1.94. The second-order valence-corrected chi connectivity index (χ2v) is 9.31. The lowest BCUT2D eigenvalue weighted by Crippen LogP contribution is -2.29. The second-order valence-electron chi connectivity index (χ2n) is 9.31. The summed E-state index contributed by atoms with van der Waals surface area (Å²) in [5, 5.41) is 9.51. The highest BCUT2D eigenvalue weighted by atomic mass is 16.1. The van der Waals surface area contributed by atoms with E-state index in [4.69, 9.17) is 0 Å². The number of hydrogen-bond acceptors (Lipinski definition) is 2. The first-order chi connectivity index (χ1) is 18.7. The number of benzene rings is 4. The summed E-state index contributed by atoms with van der Waals surface area (Å²) in [5.74, 6) is 0. The van der Waals surface area contributed by atoms with Crippen LogP contribution in [0.3, 0.4) is 0 Å². The molecule has 0 fully saturated rings. The third-order valence-corrected chi connectivity index (χ3v) is 7.13. The Morgan fingerprint density at radius 3 is 1.79 bits per heavy atom. The predicted octanol–water partition coefficient (Wildman–Crippen LogP) is 8.36. The molecule has 2 heteroatoms. The molecule has 4 aromatic rings. The Hall–Kier alpha value is -5.00. The monoisotopic (exact) mass is 489 g/mol. The summed E-state index contributed by atoms with van der Waals surface area (Å²) in [4.78, 5) is 12.4. The molecule has 0 aliphatic heterocycles. The molecule has 4 aromatic carbocycles. The van der Waals surface area contributed by atoms with Crippen molar-refractivity contribution in [2.24, 2.45) is 0 Å². The van der Waals surface area contributed by atoms with E-state index in [-0.39, 0.29) is 0 Å². The van der Waals surface area contributed by atoms with Crippen molar-refractivity contribution in [3.05, 3.63) is 179 Å². The van der Waals surface area contributed by atoms with Gasteiger partial charge in [-0.1, -0.05) is 140 Å². The minimum absolute atomic E-state index is 0.426. The van der Waals surface area contributed by atoms with Crippen molar-refractivity contribution in [2.45, 2.75) is 11.8 Å². The first-order valence-electron chi connectivity index (χ1n) is 12.6. The lowest BCUT2D eigenvalue weighted by molar-refractivity contribution is 0.112. The number of nitrogens with zero attached hydrogens (tertiary/aromatic N) is 1. The Morgan fingerprint density at radius 1 is 0.763 bits per heavy atom. The highest BCUT2D eigenvalue weighted by Crippen LogP contribution is 2.51. The van der Waals surface area contributed by atoms with Gasteiger partial charge in [-0.05, 0) is 45.4 Å². The minimum Gasteiger partial charge on any atom is -0.298 e. The van der Waals surface area contributed by atoms with Crippen molar-refractivity contribution in [1.29, 1.82) is 5.26 Å². The molecular weight excluding hydrogens is 462 g/mol. The average Bonchev–Trinajstić information content (AvgIpc) is 3.00. The van der Waals surface area contributed by atoms with E-state index < -0.39 is 5.41 Å². The van der Waals surface area contributed by atoms with Crippen molar-refractivity contribution in [1.82, 2.24) is 0 Å². The van der Waals surface area contributed by atoms with Crippen LogP contribution in [0, 0.1) is 11.3 Å². The number of aldehydes is 1. The highest BCUT2D eigenvalue weighted by molar-refractivity contribution is 6.04. The van der Waals surface area contributed by atoms with Gasteiger partial charge in [-0.25, -0.2) is 0 Å². The fraction of sp³-hybridized carbons (Fsp3) is 0.0556. The lowest BCUT2D eigenvalue weighted by Gasteiger charge is -2.39. The van der Waals surface area contributed by atoms with E-state index in [9.17, 15) is 10.1 Å². The standard InChI is InChI=1S/C36H27NO/c1-27(25-37)28-21-23-36(24-22-28,33-20-12-11-19-32(33)26-38)35(31-17-9-4-10-18-31)34(29-13-5-2-6-14-29)30-15-7-3-8-16-30/h2-23,26H,1,24H2. The minimum atomic E-state index is -0.681. The molecule has 38 heavy (non-hydrogen) atoms. The van der Waals surface area contributed by atoms with E-state index >= 15 is 0 Å². The van der Waals surface area contributed by atoms with Gasteiger partial charge in [0.1, 0.15) is 6.29 Å². The van der Waals surface area contributed by atoms with Crippen molar-refractivity contribution in [3.63, 3.8) is 0 Å². The summed E-state index contributed by atoms with van der Waals surface area (Å²) in [7, 11) is 0. The Kier molecular flexibility index (Phi) is 7.11. The van der Waals surface area contributed by atoms with Gasteiger partial charge in [-0.2, -0.15) is 5.26 Å². The molecule has 2 nitrogen and oxygen atoms in total. The molecule has 0 saturated heterocycles. The van der Waals surface area contributed by atoms with E-state index in [1.54, 1.807) is 0 Å². The topological polar surface area (TPSA) is 40.9 Å². The molecule has 0 aromatic heterocycles. The first kappa shape index (κ1) is 24.7. The Bertz CT molecular complexity index is 1560. The maximum atomic E-state index is 12.4. The van der Waals surface area contributed by atoms with E-state index in [0.29, 0.717) is 17.6 Å². The molecule has 5 rings (SSSR count). The summed E-state index contributed by atoms with van der Waals surface area (Å²) in [5.41, 5.74) is 7.55. The van der Waals surface area contributed by atoms with Crippen molar-refractivity contribution < 1.29 is 4.79 Å². The lowest BCUT2D eigenvalue weighted by atomic mass is 9.63. The second kappa shape index (κ2) is 10.9. The molecular formula is C36H27NO. The van der Waals surface area contributed by atoms with Gasteiger partial charge < -0.3 is 0 Å². The number of rotatable bonds is 7. The van der Waals surface area contributed by atoms with Gasteiger partial charge in [0.25, 0.3) is 0 Å². The van der Waals surface area contributed by atoms with Crippen LogP contribution >= 0.6 is 0 Å². The Morgan fingerprint density at radius 2 is 1.29 bits per heavy atom. The fourth-order valence-electron chi connectivity index (χ4n) is 5.35. The summed E-state index contributed by atoms with van der Waals surface area (Å²) >= 11 is 0. The number of carbonyl (C=O) groups excluding carboxylic acids is 1. The summed E-state index contributed by atoms with van der Waals surface area (Å²) in [6, 6.07) is 41.2. The first-order valence-corrected chi connectivity index (χ1v) is 12.6. The molecule has 1 aliphatic rings. The molecule has 0 radical (unpaired) electrons. The molecule has 0 saturated carbocycles. The predicted molar refractivity (Wildman–Crippen MR) is 155 cm³/mol. The van der Waals surface area contributed by atoms with Crippen LogP contribution in [0.25, 0.3) is 11.1 Å². The van der Waals surface area contributed by atoms with Gasteiger partial charge in [0, 0.05) is 11.0 Å². The van der Waals surface area contributed by atoms with Crippen LogP contribution in [0.1, 0.15) is 39.0 Å². The van der Waals surface area contributed by atoms with Crippen LogP contribution in [-0.2, 0) is 5.41 Å². The molecule has 182 valence electrons. The quantitative estimate of drug-likeness (QED) is 0.149. The van der Waals surface area contributed by atoms with E-state index in [2.05, 4.69) is 85.5 Å².